The first-order chi connectivity index (χ1) is 12.2. The van der Waals surface area contributed by atoms with Crippen molar-refractivity contribution < 1.29 is 9.59 Å². The van der Waals surface area contributed by atoms with Crippen LogP contribution in [0.1, 0.15) is 47.7 Å². The molecule has 6 heteroatoms. The number of carbonyl (C=O) groups is 2. The number of likely N-dealkylation sites (tertiary alicyclic amines) is 1. The van der Waals surface area contributed by atoms with E-state index in [0.717, 1.165) is 25.1 Å². The largest absolute Gasteiger partial charge is 0.336 e. The van der Waals surface area contributed by atoms with Crippen LogP contribution in [-0.4, -0.2) is 44.7 Å². The molecule has 0 bridgehead atoms. The van der Waals surface area contributed by atoms with Crippen molar-refractivity contribution in [1.82, 2.24) is 19.9 Å². The van der Waals surface area contributed by atoms with Crippen LogP contribution in [0, 0.1) is 5.92 Å². The average Bonchev–Trinajstić information content (AvgIpc) is 3.41. The third kappa shape index (κ3) is 3.62. The second kappa shape index (κ2) is 6.78. The molecule has 0 atom stereocenters. The maximum atomic E-state index is 12.4. The van der Waals surface area contributed by atoms with Crippen molar-refractivity contribution in [1.29, 1.82) is 0 Å². The van der Waals surface area contributed by atoms with Gasteiger partial charge in [-0.15, -0.1) is 5.10 Å². The monoisotopic (exact) mass is 338 g/mol. The van der Waals surface area contributed by atoms with Crippen LogP contribution in [0.4, 0.5) is 0 Å². The molecule has 0 spiro atoms. The zero-order chi connectivity index (χ0) is 17.2. The zero-order valence-electron chi connectivity index (χ0n) is 14.2. The minimum absolute atomic E-state index is 0.388. The quantitative estimate of drug-likeness (QED) is 0.619. The minimum atomic E-state index is -0.413. The van der Waals surface area contributed by atoms with Gasteiger partial charge in [-0.1, -0.05) is 35.5 Å². The number of amides is 1. The minimum Gasteiger partial charge on any atom is -0.336 e. The van der Waals surface area contributed by atoms with Crippen LogP contribution in [0.3, 0.4) is 0 Å². The van der Waals surface area contributed by atoms with Crippen LogP contribution in [0.5, 0.6) is 0 Å². The van der Waals surface area contributed by atoms with Gasteiger partial charge in [0.2, 0.25) is 5.78 Å². The van der Waals surface area contributed by atoms with Crippen molar-refractivity contribution in [3.05, 3.63) is 47.8 Å². The highest BCUT2D eigenvalue weighted by molar-refractivity contribution is 6.42. The number of piperidine rings is 1. The van der Waals surface area contributed by atoms with Crippen LogP contribution in [-0.2, 0) is 11.3 Å². The van der Waals surface area contributed by atoms with Gasteiger partial charge in [0.05, 0.1) is 5.69 Å². The molecule has 2 fully saturated rings. The lowest BCUT2D eigenvalue weighted by molar-refractivity contribution is -0.127. The van der Waals surface area contributed by atoms with Crippen LogP contribution in [0.2, 0.25) is 0 Å². The Labute approximate surface area is 146 Å². The highest BCUT2D eigenvalue weighted by Gasteiger charge is 2.29. The predicted octanol–water partition coefficient (Wildman–Crippen LogP) is 2.28. The molecule has 2 aromatic rings. The Morgan fingerprint density at radius 2 is 1.76 bits per heavy atom. The molecule has 130 valence electrons. The highest BCUT2D eigenvalue weighted by Crippen LogP contribution is 2.38. The van der Waals surface area contributed by atoms with Gasteiger partial charge in [0.25, 0.3) is 5.91 Å². The predicted molar refractivity (Wildman–Crippen MR) is 92.1 cm³/mol. The molecular weight excluding hydrogens is 316 g/mol. The van der Waals surface area contributed by atoms with Gasteiger partial charge < -0.3 is 4.90 Å². The van der Waals surface area contributed by atoms with Crippen LogP contribution >= 0.6 is 0 Å². The third-order valence-corrected chi connectivity index (χ3v) is 5.13. The van der Waals surface area contributed by atoms with Crippen molar-refractivity contribution in [2.75, 3.05) is 13.1 Å². The van der Waals surface area contributed by atoms with E-state index in [0.29, 0.717) is 30.5 Å². The van der Waals surface area contributed by atoms with E-state index >= 15 is 0 Å². The van der Waals surface area contributed by atoms with E-state index in [2.05, 4.69) is 16.5 Å². The Balaban J connectivity index is 1.30. The molecule has 1 saturated carbocycles. The maximum absolute atomic E-state index is 12.4. The number of carbonyl (C=O) groups excluding carboxylic acids is 2. The first-order valence-corrected chi connectivity index (χ1v) is 8.99. The topological polar surface area (TPSA) is 68.1 Å². The molecule has 1 saturated heterocycles. The molecule has 0 radical (unpaired) electrons. The third-order valence-electron chi connectivity index (χ3n) is 5.13. The van der Waals surface area contributed by atoms with E-state index in [1.165, 1.54) is 12.8 Å². The molecule has 6 nitrogen and oxygen atoms in total. The smallest absolute Gasteiger partial charge is 0.294 e. The Kier molecular flexibility index (Phi) is 4.34. The Bertz CT molecular complexity index is 759. The lowest BCUT2D eigenvalue weighted by Gasteiger charge is -2.31. The maximum Gasteiger partial charge on any atom is 0.294 e. The van der Waals surface area contributed by atoms with Gasteiger partial charge in [-0.25, -0.2) is 0 Å². The molecule has 1 amide bonds. The number of hydrogen-bond acceptors (Lipinski definition) is 4. The van der Waals surface area contributed by atoms with E-state index < -0.39 is 5.78 Å². The molecule has 0 N–H and O–H groups in total. The van der Waals surface area contributed by atoms with E-state index in [9.17, 15) is 9.59 Å². The summed E-state index contributed by atoms with van der Waals surface area (Å²) in [7, 11) is 0. The van der Waals surface area contributed by atoms with Crippen molar-refractivity contribution in [3.8, 4) is 0 Å². The summed E-state index contributed by atoms with van der Waals surface area (Å²) in [4.78, 5) is 26.4. The van der Waals surface area contributed by atoms with E-state index in [1.807, 2.05) is 10.7 Å². The van der Waals surface area contributed by atoms with E-state index in [-0.39, 0.29) is 5.91 Å². The molecular formula is C19H22N4O2. The first-order valence-electron chi connectivity index (χ1n) is 8.99. The van der Waals surface area contributed by atoms with E-state index in [1.54, 1.807) is 29.2 Å². The second-order valence-electron chi connectivity index (χ2n) is 7.07. The zero-order valence-corrected chi connectivity index (χ0v) is 14.2. The summed E-state index contributed by atoms with van der Waals surface area (Å²) in [6.07, 6.45) is 6.32. The molecule has 4 rings (SSSR count). The number of aromatic nitrogens is 3. The standard InChI is InChI=1S/C19H22N4O2/c24-18(16-4-2-1-3-5-16)19(25)22-10-8-14(9-11-22)12-23-13-17(20-21-23)15-6-7-15/h1-5,13-15H,6-12H2. The summed E-state index contributed by atoms with van der Waals surface area (Å²) in [5, 5.41) is 8.47. The Hall–Kier alpha value is -2.50. The number of rotatable bonds is 5. The molecule has 25 heavy (non-hydrogen) atoms. The van der Waals surface area contributed by atoms with Gasteiger partial charge in [0.15, 0.2) is 0 Å². The van der Waals surface area contributed by atoms with Crippen LogP contribution < -0.4 is 0 Å². The SMILES string of the molecule is O=C(C(=O)N1CCC(Cn2cc(C3CC3)nn2)CC1)c1ccccc1. The van der Waals surface area contributed by atoms with E-state index in [4.69, 9.17) is 0 Å². The first kappa shape index (κ1) is 16.0. The lowest BCUT2D eigenvalue weighted by Crippen LogP contribution is -2.42. The summed E-state index contributed by atoms with van der Waals surface area (Å²) in [5.41, 5.74) is 1.57. The number of benzene rings is 1. The van der Waals surface area contributed by atoms with Gasteiger partial charge >= 0.3 is 0 Å². The van der Waals surface area contributed by atoms with Crippen LogP contribution in [0.25, 0.3) is 0 Å². The Morgan fingerprint density at radius 3 is 2.44 bits per heavy atom. The second-order valence-corrected chi connectivity index (χ2v) is 7.07. The molecule has 1 aliphatic heterocycles. The fourth-order valence-corrected chi connectivity index (χ4v) is 3.41. The summed E-state index contributed by atoms with van der Waals surface area (Å²) < 4.78 is 1.94. The van der Waals surface area contributed by atoms with Gasteiger partial charge in [-0.05, 0) is 31.6 Å². The normalized spacial score (nSPS) is 18.3. The fourth-order valence-electron chi connectivity index (χ4n) is 3.41. The van der Waals surface area contributed by atoms with Crippen molar-refractivity contribution in [2.24, 2.45) is 5.92 Å². The van der Waals surface area contributed by atoms with Gasteiger partial charge in [-0.2, -0.15) is 0 Å². The van der Waals surface area contributed by atoms with Crippen molar-refractivity contribution >= 4 is 11.7 Å². The number of hydrogen-bond donors (Lipinski definition) is 0. The molecule has 2 heterocycles. The molecule has 1 aromatic heterocycles. The summed E-state index contributed by atoms with van der Waals surface area (Å²) >= 11 is 0. The molecule has 1 aliphatic carbocycles. The Morgan fingerprint density at radius 1 is 1.04 bits per heavy atom. The number of ketones is 1. The average molecular weight is 338 g/mol. The van der Waals surface area contributed by atoms with Gasteiger partial charge in [-0.3, -0.25) is 14.3 Å². The van der Waals surface area contributed by atoms with Gasteiger partial charge in [0, 0.05) is 37.3 Å². The summed E-state index contributed by atoms with van der Waals surface area (Å²) in [5.74, 6) is 0.299. The molecule has 1 aromatic carbocycles. The lowest BCUT2D eigenvalue weighted by atomic mass is 9.96. The summed E-state index contributed by atoms with van der Waals surface area (Å²) in [6.45, 7) is 2.10. The molecule has 0 unspecified atom stereocenters. The van der Waals surface area contributed by atoms with Crippen LogP contribution in [0.15, 0.2) is 36.5 Å². The summed E-state index contributed by atoms with van der Waals surface area (Å²) in [6, 6.07) is 8.78. The molecule has 2 aliphatic rings. The van der Waals surface area contributed by atoms with Crippen molar-refractivity contribution in [2.45, 2.75) is 38.1 Å². The van der Waals surface area contributed by atoms with Crippen molar-refractivity contribution in [3.63, 3.8) is 0 Å². The highest BCUT2D eigenvalue weighted by atomic mass is 16.2. The number of nitrogens with zero attached hydrogens (tertiary/aromatic N) is 4. The fraction of sp³-hybridized carbons (Fsp3) is 0.474. The number of Topliss-reactive ketones (excluding diaryl/α,β-unsaturated/α-hetero) is 1. The van der Waals surface area contributed by atoms with Gasteiger partial charge in [0.1, 0.15) is 0 Å².